The van der Waals surface area contributed by atoms with E-state index in [9.17, 15) is 4.79 Å². The third kappa shape index (κ3) is 3.11. The summed E-state index contributed by atoms with van der Waals surface area (Å²) >= 11 is 4.92. The summed E-state index contributed by atoms with van der Waals surface area (Å²) in [7, 11) is 0. The van der Waals surface area contributed by atoms with Crippen LogP contribution < -0.4 is 5.73 Å². The highest BCUT2D eigenvalue weighted by atomic mass is 32.1. The lowest BCUT2D eigenvalue weighted by molar-refractivity contribution is 0.0782. The summed E-state index contributed by atoms with van der Waals surface area (Å²) in [6, 6.07) is 9.35. The van der Waals surface area contributed by atoms with Crippen molar-refractivity contribution < 1.29 is 4.79 Å². The Morgan fingerprint density at radius 2 is 2.10 bits per heavy atom. The molecule has 0 unspecified atom stereocenters. The smallest absolute Gasteiger partial charge is 0.254 e. The Labute approximate surface area is 123 Å². The second-order valence-corrected chi connectivity index (χ2v) is 5.09. The normalized spacial score (nSPS) is 10.4. The highest BCUT2D eigenvalue weighted by Crippen LogP contribution is 2.18. The zero-order valence-corrected chi connectivity index (χ0v) is 12.2. The molecule has 0 aliphatic carbocycles. The number of amides is 1. The zero-order chi connectivity index (χ0) is 14.5. The van der Waals surface area contributed by atoms with Crippen molar-refractivity contribution in [1.29, 1.82) is 0 Å². The molecule has 1 heterocycles. The summed E-state index contributed by atoms with van der Waals surface area (Å²) in [6.07, 6.45) is 2.51. The van der Waals surface area contributed by atoms with Gasteiger partial charge in [0, 0.05) is 18.1 Å². The molecule has 0 spiro atoms. The van der Waals surface area contributed by atoms with E-state index >= 15 is 0 Å². The van der Waals surface area contributed by atoms with E-state index < -0.39 is 0 Å². The number of hydrogen-bond donors (Lipinski definition) is 1. The number of benzene rings is 1. The molecule has 104 valence electrons. The molecule has 0 saturated heterocycles. The standard InChI is InChI=1S/C15H17N3OS/c1-2-9-18(10-14(16)20)15(19)12-7-8-17-13-6-4-3-5-11(12)13/h3-8H,2,9-10H2,1H3,(H2,16,20). The van der Waals surface area contributed by atoms with Gasteiger partial charge < -0.3 is 10.6 Å². The Hall–Kier alpha value is -2.01. The van der Waals surface area contributed by atoms with Crippen LogP contribution in [0.4, 0.5) is 0 Å². The molecular formula is C15H17N3OS. The van der Waals surface area contributed by atoms with Crippen molar-refractivity contribution in [2.75, 3.05) is 13.1 Å². The van der Waals surface area contributed by atoms with Crippen LogP contribution in [0.1, 0.15) is 23.7 Å². The van der Waals surface area contributed by atoms with Gasteiger partial charge in [0.05, 0.1) is 22.6 Å². The molecule has 20 heavy (non-hydrogen) atoms. The number of carbonyl (C=O) groups is 1. The van der Waals surface area contributed by atoms with Crippen molar-refractivity contribution in [3.63, 3.8) is 0 Å². The third-order valence-electron chi connectivity index (χ3n) is 3.01. The predicted molar refractivity (Wildman–Crippen MR) is 84.7 cm³/mol. The van der Waals surface area contributed by atoms with Crippen molar-refractivity contribution in [3.8, 4) is 0 Å². The number of carbonyl (C=O) groups excluding carboxylic acids is 1. The van der Waals surface area contributed by atoms with Crippen LogP contribution in [0.25, 0.3) is 10.9 Å². The molecule has 2 N–H and O–H groups in total. The highest BCUT2D eigenvalue weighted by Gasteiger charge is 2.18. The van der Waals surface area contributed by atoms with Gasteiger partial charge in [-0.2, -0.15) is 0 Å². The van der Waals surface area contributed by atoms with Gasteiger partial charge in [0.15, 0.2) is 0 Å². The number of nitrogens with two attached hydrogens (primary N) is 1. The van der Waals surface area contributed by atoms with Crippen LogP contribution in [0.3, 0.4) is 0 Å². The Balaban J connectivity index is 2.40. The molecule has 5 heteroatoms. The molecule has 0 aliphatic rings. The Kier molecular flexibility index (Phi) is 4.63. The van der Waals surface area contributed by atoms with Gasteiger partial charge >= 0.3 is 0 Å². The molecule has 1 aromatic carbocycles. The van der Waals surface area contributed by atoms with Gasteiger partial charge in [-0.1, -0.05) is 37.3 Å². The molecule has 2 rings (SSSR count). The van der Waals surface area contributed by atoms with Crippen molar-refractivity contribution in [2.45, 2.75) is 13.3 Å². The van der Waals surface area contributed by atoms with E-state index in [1.54, 1.807) is 17.2 Å². The van der Waals surface area contributed by atoms with Crippen LogP contribution in [0.15, 0.2) is 36.5 Å². The number of para-hydroxylation sites is 1. The molecule has 0 fully saturated rings. The topological polar surface area (TPSA) is 59.2 Å². The van der Waals surface area contributed by atoms with Gasteiger partial charge in [-0.3, -0.25) is 9.78 Å². The minimum absolute atomic E-state index is 0.0572. The number of fused-ring (bicyclic) bond motifs is 1. The van der Waals surface area contributed by atoms with Crippen LogP contribution in [0, 0.1) is 0 Å². The van der Waals surface area contributed by atoms with E-state index in [1.807, 2.05) is 31.2 Å². The van der Waals surface area contributed by atoms with Crippen molar-refractivity contribution in [1.82, 2.24) is 9.88 Å². The number of rotatable bonds is 5. The van der Waals surface area contributed by atoms with E-state index in [-0.39, 0.29) is 5.91 Å². The fraction of sp³-hybridized carbons (Fsp3) is 0.267. The minimum Gasteiger partial charge on any atom is -0.392 e. The quantitative estimate of drug-likeness (QED) is 0.858. The first kappa shape index (κ1) is 14.4. The fourth-order valence-corrected chi connectivity index (χ4v) is 2.32. The van der Waals surface area contributed by atoms with Gasteiger partial charge in [-0.25, -0.2) is 0 Å². The summed E-state index contributed by atoms with van der Waals surface area (Å²) in [5, 5.41) is 0.851. The maximum atomic E-state index is 12.7. The molecule has 0 radical (unpaired) electrons. The van der Waals surface area contributed by atoms with Crippen LogP contribution in [0.5, 0.6) is 0 Å². The van der Waals surface area contributed by atoms with Gasteiger partial charge in [0.2, 0.25) is 0 Å². The average Bonchev–Trinajstić information content (AvgIpc) is 2.45. The largest absolute Gasteiger partial charge is 0.392 e. The predicted octanol–water partition coefficient (Wildman–Crippen LogP) is 2.37. The third-order valence-corrected chi connectivity index (χ3v) is 3.14. The van der Waals surface area contributed by atoms with E-state index in [0.717, 1.165) is 17.3 Å². The van der Waals surface area contributed by atoms with Gasteiger partial charge in [0.1, 0.15) is 0 Å². The molecule has 4 nitrogen and oxygen atoms in total. The monoisotopic (exact) mass is 287 g/mol. The molecule has 0 aliphatic heterocycles. The van der Waals surface area contributed by atoms with Crippen LogP contribution >= 0.6 is 12.2 Å². The maximum absolute atomic E-state index is 12.7. The molecular weight excluding hydrogens is 270 g/mol. The maximum Gasteiger partial charge on any atom is 0.254 e. The lowest BCUT2D eigenvalue weighted by Crippen LogP contribution is -2.38. The number of nitrogens with zero attached hydrogens (tertiary/aromatic N) is 2. The molecule has 0 bridgehead atoms. The van der Waals surface area contributed by atoms with Gasteiger partial charge in [-0.15, -0.1) is 0 Å². The summed E-state index contributed by atoms with van der Waals surface area (Å²) in [6.45, 7) is 2.95. The lowest BCUT2D eigenvalue weighted by atomic mass is 10.1. The van der Waals surface area contributed by atoms with E-state index in [0.29, 0.717) is 23.6 Å². The van der Waals surface area contributed by atoms with Crippen LogP contribution in [-0.2, 0) is 0 Å². The summed E-state index contributed by atoms with van der Waals surface area (Å²) in [4.78, 5) is 18.9. The van der Waals surface area contributed by atoms with E-state index in [1.165, 1.54) is 0 Å². The lowest BCUT2D eigenvalue weighted by Gasteiger charge is -2.22. The molecule has 2 aromatic rings. The Morgan fingerprint density at radius 1 is 1.35 bits per heavy atom. The van der Waals surface area contributed by atoms with Crippen molar-refractivity contribution in [3.05, 3.63) is 42.1 Å². The van der Waals surface area contributed by atoms with E-state index in [2.05, 4.69) is 4.98 Å². The first-order valence-corrected chi connectivity index (χ1v) is 6.95. The zero-order valence-electron chi connectivity index (χ0n) is 11.4. The number of thiocarbonyl (C=S) groups is 1. The second kappa shape index (κ2) is 6.43. The van der Waals surface area contributed by atoms with Gasteiger partial charge in [-0.05, 0) is 18.6 Å². The molecule has 0 atom stereocenters. The van der Waals surface area contributed by atoms with Crippen molar-refractivity contribution >= 4 is 34.0 Å². The Bertz CT molecular complexity index is 637. The molecule has 1 aromatic heterocycles. The summed E-state index contributed by atoms with van der Waals surface area (Å²) in [5.41, 5.74) is 7.03. The molecule has 0 saturated carbocycles. The van der Waals surface area contributed by atoms with Crippen molar-refractivity contribution in [2.24, 2.45) is 5.73 Å². The first-order chi connectivity index (χ1) is 9.63. The first-order valence-electron chi connectivity index (χ1n) is 6.54. The second-order valence-electron chi connectivity index (χ2n) is 4.57. The number of hydrogen-bond acceptors (Lipinski definition) is 3. The van der Waals surface area contributed by atoms with E-state index in [4.69, 9.17) is 18.0 Å². The fourth-order valence-electron chi connectivity index (χ4n) is 2.16. The van der Waals surface area contributed by atoms with Crippen LogP contribution in [0.2, 0.25) is 0 Å². The number of pyridine rings is 1. The number of aromatic nitrogens is 1. The van der Waals surface area contributed by atoms with Gasteiger partial charge in [0.25, 0.3) is 5.91 Å². The average molecular weight is 287 g/mol. The molecule has 1 amide bonds. The Morgan fingerprint density at radius 3 is 2.80 bits per heavy atom. The van der Waals surface area contributed by atoms with Crippen LogP contribution in [-0.4, -0.2) is 33.9 Å². The summed E-state index contributed by atoms with van der Waals surface area (Å²) < 4.78 is 0. The SMILES string of the molecule is CCCN(CC(N)=S)C(=O)c1ccnc2ccccc12. The summed E-state index contributed by atoms with van der Waals surface area (Å²) in [5.74, 6) is -0.0572. The minimum atomic E-state index is -0.0572. The highest BCUT2D eigenvalue weighted by molar-refractivity contribution is 7.80.